The minimum Gasteiger partial charge on any atom is -0.491 e. The Morgan fingerprint density at radius 3 is 2.46 bits per heavy atom. The van der Waals surface area contributed by atoms with E-state index in [-0.39, 0.29) is 98.5 Å². The molecule has 7 aliphatic rings. The van der Waals surface area contributed by atoms with E-state index >= 15 is 0 Å². The maximum absolute atomic E-state index is 14.1. The van der Waals surface area contributed by atoms with E-state index in [2.05, 4.69) is 46.7 Å². The number of hydrogen-bond donors (Lipinski definition) is 9. The highest BCUT2D eigenvalue weighted by molar-refractivity contribution is 7.22. The van der Waals surface area contributed by atoms with Crippen LogP contribution in [-0.2, 0) is 70.8 Å². The summed E-state index contributed by atoms with van der Waals surface area (Å²) >= 11 is 1.61. The number of thiazole rings is 1. The van der Waals surface area contributed by atoms with Gasteiger partial charge in [-0.15, -0.1) is 0 Å². The van der Waals surface area contributed by atoms with Crippen LogP contribution in [0.4, 0.5) is 15.7 Å². The van der Waals surface area contributed by atoms with E-state index in [1.807, 2.05) is 41.9 Å². The molecule has 29 heteroatoms. The normalized spacial score (nSPS) is 25.3. The number of nitrogens with zero attached hydrogens (tertiary/aromatic N) is 7. The first kappa shape index (κ1) is 69.1. The van der Waals surface area contributed by atoms with Crippen LogP contribution in [0, 0.1) is 23.7 Å². The second kappa shape index (κ2) is 29.3. The molecule has 28 nitrogen and oxygen atoms in total. The number of benzene rings is 3. The van der Waals surface area contributed by atoms with Crippen molar-refractivity contribution in [3.63, 3.8) is 0 Å². The van der Waals surface area contributed by atoms with Crippen LogP contribution < -0.4 is 25.0 Å². The molecule has 98 heavy (non-hydrogen) atoms. The minimum atomic E-state index is -1.96. The number of pyridine rings is 1. The Balaban J connectivity index is 0.679. The fraction of sp³-hybridized carbons (Fsp3) is 0.493. The molecule has 6 aromatic rings. The summed E-state index contributed by atoms with van der Waals surface area (Å²) in [6.07, 6.45) is -1.59. The van der Waals surface area contributed by atoms with E-state index < -0.39 is 85.5 Å². The maximum Gasteiger partial charge on any atom is 0.410 e. The van der Waals surface area contributed by atoms with Gasteiger partial charge in [0.2, 0.25) is 18.1 Å². The van der Waals surface area contributed by atoms with E-state index in [9.17, 15) is 64.5 Å². The zero-order chi connectivity index (χ0) is 69.0. The Bertz CT molecular complexity index is 3970. The topological polar surface area (TPSA) is 377 Å². The molecule has 0 spiro atoms. The molecule has 3 aliphatic heterocycles. The van der Waals surface area contributed by atoms with Gasteiger partial charge in [-0.05, 0) is 128 Å². The largest absolute Gasteiger partial charge is 0.491 e. The standard InChI is InChI=1S/C69H81N9O19S/c1-40-47(46-12-13-52(74-57(46)62(87)88)76-20-16-42-6-5-7-43(48(42)34-76)32-71-65-73-49-8-3-4-9-51(49)98-65)33-72-78(40)39-68-30-41-29-67(2,36-68)37-69(31-41,38-68)95-25-23-75(21-18-56(82)83)66(91)94-35-44-10-11-45(96-64-60(86)58(84)59(85)61(97-64)63(89)90)28-50(44)93-27-26-92-24-19-70-53(79)17-22-77-54(80)14-15-55(77)81/h3-15,28,33,41,54,58-61,64,80,84-86H,16-27,29-32,34-39H2,1-2H3,(H,70,79)(H,71,73)(H,82,83)(H,87,88)(H,89,90)/t41?,54?,58-,59-,60+,61-,64+,67?,68?,69?/m0/s1. The first-order valence-corrected chi connectivity index (χ1v) is 33.7. The van der Waals surface area contributed by atoms with Crippen LogP contribution in [-0.4, -0.2) is 203 Å². The zero-order valence-electron chi connectivity index (χ0n) is 54.3. The number of para-hydroxylation sites is 1. The summed E-state index contributed by atoms with van der Waals surface area (Å²) in [5.41, 5.74) is 5.87. The number of carbonyl (C=O) groups excluding carboxylic acids is 3. The molecule has 4 bridgehead atoms. The Morgan fingerprint density at radius 2 is 1.68 bits per heavy atom. The molecule has 1 saturated heterocycles. The number of aliphatic hydroxyl groups is 4. The third-order valence-electron chi connectivity index (χ3n) is 19.5. The molecule has 4 saturated carbocycles. The molecule has 5 fully saturated rings. The molecule has 9 N–H and O–H groups in total. The Labute approximate surface area is 567 Å². The van der Waals surface area contributed by atoms with Crippen LogP contribution in [0.2, 0.25) is 0 Å². The number of rotatable bonds is 30. The number of ether oxygens (including phenoxy) is 6. The first-order valence-electron chi connectivity index (χ1n) is 32.9. The average molecular weight is 1370 g/mol. The van der Waals surface area contributed by atoms with Gasteiger partial charge in [-0.25, -0.2) is 24.4 Å². The predicted molar refractivity (Wildman–Crippen MR) is 352 cm³/mol. The summed E-state index contributed by atoms with van der Waals surface area (Å²) in [5.74, 6) is -3.72. The van der Waals surface area contributed by atoms with Crippen molar-refractivity contribution in [1.29, 1.82) is 0 Å². The van der Waals surface area contributed by atoms with Crippen LogP contribution in [0.5, 0.6) is 11.5 Å². The molecule has 6 heterocycles. The number of hydrogen-bond acceptors (Lipinski definition) is 22. The molecule has 3 aromatic carbocycles. The highest BCUT2D eigenvalue weighted by Gasteiger charge is 2.62. The maximum atomic E-state index is 14.1. The van der Waals surface area contributed by atoms with Gasteiger partial charge >= 0.3 is 24.0 Å². The highest BCUT2D eigenvalue weighted by atomic mass is 32.1. The van der Waals surface area contributed by atoms with Crippen molar-refractivity contribution in [2.24, 2.45) is 16.7 Å². The number of carboxylic acids is 3. The highest BCUT2D eigenvalue weighted by Crippen LogP contribution is 2.68. The summed E-state index contributed by atoms with van der Waals surface area (Å²) < 4.78 is 38.7. The van der Waals surface area contributed by atoms with Crippen molar-refractivity contribution in [2.75, 3.05) is 69.4 Å². The Kier molecular flexibility index (Phi) is 20.7. The molecule has 0 radical (unpaired) electrons. The zero-order valence-corrected chi connectivity index (χ0v) is 55.1. The van der Waals surface area contributed by atoms with Crippen molar-refractivity contribution in [3.05, 3.63) is 125 Å². The quantitative estimate of drug-likeness (QED) is 0.0252. The summed E-state index contributed by atoms with van der Waals surface area (Å²) in [7, 11) is 0. The van der Waals surface area contributed by atoms with Gasteiger partial charge < -0.3 is 89.5 Å². The van der Waals surface area contributed by atoms with Crippen molar-refractivity contribution in [2.45, 2.75) is 140 Å². The van der Waals surface area contributed by atoms with E-state index in [1.54, 1.807) is 17.5 Å². The number of carbonyl (C=O) groups is 6. The van der Waals surface area contributed by atoms with E-state index in [4.69, 9.17) is 43.5 Å². The second-order valence-corrected chi connectivity index (χ2v) is 27.8. The monoisotopic (exact) mass is 1370 g/mol. The third-order valence-corrected chi connectivity index (χ3v) is 20.5. The number of aromatic nitrogens is 4. The summed E-state index contributed by atoms with van der Waals surface area (Å²) in [6, 6.07) is 22.3. The van der Waals surface area contributed by atoms with Crippen LogP contribution in [0.3, 0.4) is 0 Å². The number of amides is 3. The lowest BCUT2D eigenvalue weighted by Crippen LogP contribution is -2.61. The SMILES string of the molecule is Cc1c(-c2ccc(N3CCc4cccc(CNc5nc6ccccc6s5)c4C3)nc2C(=O)O)cnn1CC12CC3CC(C)(C1)CC(OCCN(CCC(=O)O)C(=O)OCc1ccc(O[C@@H]4O[C@H](C(=O)O)[C@@H](O)[C@H](O)[C@H]4O)cc1OCCOCCNC(=O)CCN1C(=O)C=CC1O)(C3)C2. The van der Waals surface area contributed by atoms with Gasteiger partial charge in [0.05, 0.1) is 48.3 Å². The lowest BCUT2D eigenvalue weighted by Gasteiger charge is -2.65. The van der Waals surface area contributed by atoms with E-state index in [0.29, 0.717) is 55.5 Å². The van der Waals surface area contributed by atoms with Gasteiger partial charge in [0.1, 0.15) is 55.1 Å². The van der Waals surface area contributed by atoms with Gasteiger partial charge in [0.15, 0.2) is 16.9 Å². The Morgan fingerprint density at radius 1 is 0.847 bits per heavy atom. The van der Waals surface area contributed by atoms with Crippen molar-refractivity contribution >= 4 is 68.3 Å². The summed E-state index contributed by atoms with van der Waals surface area (Å²) in [5, 5.41) is 83.4. The molecule has 3 amide bonds. The van der Waals surface area contributed by atoms with Gasteiger partial charge in [-0.1, -0.05) is 48.6 Å². The van der Waals surface area contributed by atoms with Gasteiger partial charge in [0, 0.05) is 93.3 Å². The number of carboxylic acid groups (broad SMARTS) is 3. The van der Waals surface area contributed by atoms with Crippen LogP contribution in [0.1, 0.15) is 96.7 Å². The van der Waals surface area contributed by atoms with Gasteiger partial charge in [0.25, 0.3) is 0 Å². The molecular weight excluding hydrogens is 1290 g/mol. The second-order valence-electron chi connectivity index (χ2n) is 26.8. The molecule has 10 atom stereocenters. The number of aliphatic carboxylic acids is 2. The molecule has 522 valence electrons. The Hall–Kier alpha value is -8.81. The smallest absolute Gasteiger partial charge is 0.410 e. The van der Waals surface area contributed by atoms with Crippen molar-refractivity contribution < 1.29 is 92.9 Å². The van der Waals surface area contributed by atoms with Gasteiger partial charge in [-0.2, -0.15) is 5.10 Å². The van der Waals surface area contributed by atoms with E-state index in [0.717, 1.165) is 70.0 Å². The van der Waals surface area contributed by atoms with E-state index in [1.165, 1.54) is 46.4 Å². The molecular formula is C69H81N9O19S. The number of anilines is 2. The first-order chi connectivity index (χ1) is 47.0. The molecule has 5 unspecified atom stereocenters. The molecule has 3 aromatic heterocycles. The van der Waals surface area contributed by atoms with Crippen molar-refractivity contribution in [1.82, 2.24) is 34.9 Å². The third kappa shape index (κ3) is 15.5. The number of fused-ring (bicyclic) bond motifs is 2. The number of aromatic carboxylic acids is 1. The summed E-state index contributed by atoms with van der Waals surface area (Å²) in [6.45, 7) is 6.17. The average Bonchev–Trinajstić information content (AvgIpc) is 0.991. The minimum absolute atomic E-state index is 0.00771. The number of aliphatic hydroxyl groups excluding tert-OH is 4. The van der Waals surface area contributed by atoms with Crippen LogP contribution in [0.25, 0.3) is 21.3 Å². The fourth-order valence-electron chi connectivity index (χ4n) is 15.6. The lowest BCUT2D eigenvalue weighted by atomic mass is 9.43. The number of nitrogens with one attached hydrogen (secondary N) is 2. The lowest BCUT2D eigenvalue weighted by molar-refractivity contribution is -0.271. The molecule has 4 aliphatic carbocycles. The molecule has 13 rings (SSSR count). The summed E-state index contributed by atoms with van der Waals surface area (Å²) in [4.78, 5) is 89.5. The van der Waals surface area contributed by atoms with Crippen molar-refractivity contribution in [3.8, 4) is 22.6 Å². The van der Waals surface area contributed by atoms with Crippen LogP contribution in [0.15, 0.2) is 91.1 Å². The fourth-order valence-corrected chi connectivity index (χ4v) is 16.5. The predicted octanol–water partition coefficient (Wildman–Crippen LogP) is 5.48. The van der Waals surface area contributed by atoms with Crippen LogP contribution >= 0.6 is 11.3 Å². The van der Waals surface area contributed by atoms with Gasteiger partial charge in [-0.3, -0.25) is 19.1 Å².